The minimum atomic E-state index is -0.105. The first-order valence-corrected chi connectivity index (χ1v) is 10.2. The van der Waals surface area contributed by atoms with Crippen LogP contribution in [0.15, 0.2) is 54.6 Å². The molecule has 1 unspecified atom stereocenters. The van der Waals surface area contributed by atoms with E-state index < -0.39 is 0 Å². The molecular weight excluding hydrogens is 366 g/mol. The molecule has 0 bridgehead atoms. The first-order chi connectivity index (χ1) is 14.1. The number of benzene rings is 2. The van der Waals surface area contributed by atoms with Gasteiger partial charge in [-0.1, -0.05) is 30.3 Å². The number of hydrogen-bond donors (Lipinski definition) is 0. The predicted octanol–water partition coefficient (Wildman–Crippen LogP) is 2.93. The lowest BCUT2D eigenvalue weighted by Crippen LogP contribution is -2.49. The van der Waals surface area contributed by atoms with E-state index in [0.29, 0.717) is 18.7 Å². The summed E-state index contributed by atoms with van der Waals surface area (Å²) in [5.74, 6) is 0.660. The highest BCUT2D eigenvalue weighted by Gasteiger charge is 2.29. The van der Waals surface area contributed by atoms with Gasteiger partial charge in [0.1, 0.15) is 5.75 Å². The van der Waals surface area contributed by atoms with Gasteiger partial charge < -0.3 is 19.4 Å². The monoisotopic (exact) mass is 393 g/mol. The maximum atomic E-state index is 12.9. The fraction of sp³-hybridized carbons (Fsp3) is 0.391. The zero-order valence-electron chi connectivity index (χ0n) is 16.8. The maximum absolute atomic E-state index is 12.9. The Balaban J connectivity index is 1.37. The molecule has 2 aliphatic rings. The Kier molecular flexibility index (Phi) is 5.69. The minimum absolute atomic E-state index is 0.0235. The van der Waals surface area contributed by atoms with Gasteiger partial charge >= 0.3 is 0 Å². The van der Waals surface area contributed by atoms with Crippen molar-refractivity contribution in [1.29, 1.82) is 0 Å². The third kappa shape index (κ3) is 4.21. The molecule has 6 nitrogen and oxygen atoms in total. The van der Waals surface area contributed by atoms with Crippen LogP contribution < -0.4 is 14.5 Å². The molecule has 1 saturated heterocycles. The molecule has 1 fully saturated rings. The molecule has 2 amide bonds. The number of piperidine rings is 1. The molecule has 2 aromatic carbocycles. The fourth-order valence-corrected chi connectivity index (χ4v) is 4.13. The van der Waals surface area contributed by atoms with Crippen LogP contribution in [0, 0.1) is 0 Å². The van der Waals surface area contributed by atoms with Crippen molar-refractivity contribution in [3.63, 3.8) is 0 Å². The SMILES string of the molecule is CN(C(=O)CCN1C(=O)COc2ccccc21)C1CCCN(c2ccccc2)C1. The molecule has 152 valence electrons. The van der Waals surface area contributed by atoms with Crippen LogP contribution in [0.4, 0.5) is 11.4 Å². The van der Waals surface area contributed by atoms with Gasteiger partial charge in [0.05, 0.1) is 5.69 Å². The smallest absolute Gasteiger partial charge is 0.265 e. The topological polar surface area (TPSA) is 53.1 Å². The number of carbonyl (C=O) groups is 2. The van der Waals surface area contributed by atoms with E-state index in [9.17, 15) is 9.59 Å². The second-order valence-electron chi connectivity index (χ2n) is 7.63. The Bertz CT molecular complexity index is 871. The average Bonchev–Trinajstić information content (AvgIpc) is 2.78. The van der Waals surface area contributed by atoms with Gasteiger partial charge in [-0.3, -0.25) is 9.59 Å². The number of likely N-dealkylation sites (N-methyl/N-ethyl adjacent to an activating group) is 1. The summed E-state index contributed by atoms with van der Waals surface area (Å²) in [6, 6.07) is 18.0. The van der Waals surface area contributed by atoms with E-state index in [1.807, 2.05) is 54.4 Å². The van der Waals surface area contributed by atoms with Crippen LogP contribution in [0.3, 0.4) is 0 Å². The summed E-state index contributed by atoms with van der Waals surface area (Å²) in [4.78, 5) is 31.1. The minimum Gasteiger partial charge on any atom is -0.482 e. The lowest BCUT2D eigenvalue weighted by Gasteiger charge is -2.39. The number of amides is 2. The van der Waals surface area contributed by atoms with Gasteiger partial charge in [0.2, 0.25) is 5.91 Å². The predicted molar refractivity (Wildman–Crippen MR) is 113 cm³/mol. The Morgan fingerprint density at radius 2 is 1.90 bits per heavy atom. The van der Waals surface area contributed by atoms with Crippen molar-refractivity contribution in [2.75, 3.05) is 43.1 Å². The fourth-order valence-electron chi connectivity index (χ4n) is 4.13. The summed E-state index contributed by atoms with van der Waals surface area (Å²) in [7, 11) is 1.89. The highest BCUT2D eigenvalue weighted by molar-refractivity contribution is 5.98. The summed E-state index contributed by atoms with van der Waals surface area (Å²) in [6.07, 6.45) is 2.37. The number of anilines is 2. The molecule has 2 heterocycles. The summed E-state index contributed by atoms with van der Waals surface area (Å²) in [6.45, 7) is 2.25. The van der Waals surface area contributed by atoms with Crippen molar-refractivity contribution < 1.29 is 14.3 Å². The van der Waals surface area contributed by atoms with E-state index in [0.717, 1.165) is 31.6 Å². The highest BCUT2D eigenvalue weighted by Crippen LogP contribution is 2.31. The number of nitrogens with zero attached hydrogens (tertiary/aromatic N) is 3. The van der Waals surface area contributed by atoms with Crippen molar-refractivity contribution in [3.05, 3.63) is 54.6 Å². The summed E-state index contributed by atoms with van der Waals surface area (Å²) in [5, 5.41) is 0. The van der Waals surface area contributed by atoms with Gasteiger partial charge in [0.25, 0.3) is 5.91 Å². The van der Waals surface area contributed by atoms with E-state index in [1.54, 1.807) is 4.90 Å². The second-order valence-corrected chi connectivity index (χ2v) is 7.63. The molecular formula is C23H27N3O3. The standard InChI is InChI=1S/C23H27N3O3/c1-24(19-10-7-14-25(16-19)18-8-3-2-4-9-18)22(27)13-15-26-20-11-5-6-12-21(20)29-17-23(26)28/h2-6,8-9,11-12,19H,7,10,13-17H2,1H3. The van der Waals surface area contributed by atoms with Crippen molar-refractivity contribution in [2.24, 2.45) is 0 Å². The Hall–Kier alpha value is -3.02. The van der Waals surface area contributed by atoms with Gasteiger partial charge in [-0.25, -0.2) is 0 Å². The third-order valence-electron chi connectivity index (χ3n) is 5.82. The molecule has 0 N–H and O–H groups in total. The molecule has 6 heteroatoms. The highest BCUT2D eigenvalue weighted by atomic mass is 16.5. The number of para-hydroxylation sites is 3. The maximum Gasteiger partial charge on any atom is 0.265 e. The Morgan fingerprint density at radius 1 is 1.14 bits per heavy atom. The number of fused-ring (bicyclic) bond motifs is 1. The third-order valence-corrected chi connectivity index (χ3v) is 5.82. The first-order valence-electron chi connectivity index (χ1n) is 10.2. The van der Waals surface area contributed by atoms with Crippen LogP contribution >= 0.6 is 0 Å². The molecule has 2 aliphatic heterocycles. The molecule has 0 aromatic heterocycles. The van der Waals surface area contributed by atoms with Crippen molar-refractivity contribution in [3.8, 4) is 5.75 Å². The number of hydrogen-bond acceptors (Lipinski definition) is 4. The van der Waals surface area contributed by atoms with Crippen molar-refractivity contribution in [1.82, 2.24) is 4.90 Å². The summed E-state index contributed by atoms with van der Waals surface area (Å²) >= 11 is 0. The van der Waals surface area contributed by atoms with Gasteiger partial charge in [-0.2, -0.15) is 0 Å². The van der Waals surface area contributed by atoms with E-state index in [4.69, 9.17) is 4.74 Å². The van der Waals surface area contributed by atoms with Crippen LogP contribution in [-0.4, -0.2) is 56.0 Å². The van der Waals surface area contributed by atoms with Crippen LogP contribution in [0.25, 0.3) is 0 Å². The number of rotatable bonds is 5. The van der Waals surface area contributed by atoms with Gasteiger partial charge in [-0.05, 0) is 37.1 Å². The molecule has 0 radical (unpaired) electrons. The van der Waals surface area contributed by atoms with Crippen molar-refractivity contribution in [2.45, 2.75) is 25.3 Å². The van der Waals surface area contributed by atoms with Crippen LogP contribution in [-0.2, 0) is 9.59 Å². The molecule has 4 rings (SSSR count). The summed E-state index contributed by atoms with van der Waals surface area (Å²) < 4.78 is 5.48. The molecule has 0 aliphatic carbocycles. The normalized spacial score (nSPS) is 18.8. The quantitative estimate of drug-likeness (QED) is 0.784. The number of carbonyl (C=O) groups excluding carboxylic acids is 2. The lowest BCUT2D eigenvalue weighted by atomic mass is 10.0. The molecule has 0 saturated carbocycles. The molecule has 0 spiro atoms. The lowest BCUT2D eigenvalue weighted by molar-refractivity contribution is -0.132. The first kappa shape index (κ1) is 19.3. The van der Waals surface area contributed by atoms with Gasteiger partial charge in [-0.15, -0.1) is 0 Å². The van der Waals surface area contributed by atoms with Gasteiger partial charge in [0, 0.05) is 44.8 Å². The Morgan fingerprint density at radius 3 is 2.72 bits per heavy atom. The second kappa shape index (κ2) is 8.55. The number of ether oxygens (including phenoxy) is 1. The summed E-state index contributed by atoms with van der Waals surface area (Å²) in [5.41, 5.74) is 1.95. The molecule has 29 heavy (non-hydrogen) atoms. The van der Waals surface area contributed by atoms with E-state index in [2.05, 4.69) is 17.0 Å². The largest absolute Gasteiger partial charge is 0.482 e. The zero-order chi connectivity index (χ0) is 20.2. The van der Waals surface area contributed by atoms with Gasteiger partial charge in [0.15, 0.2) is 6.61 Å². The van der Waals surface area contributed by atoms with Crippen LogP contribution in [0.2, 0.25) is 0 Å². The molecule has 1 atom stereocenters. The van der Waals surface area contributed by atoms with Crippen molar-refractivity contribution >= 4 is 23.2 Å². The molecule has 2 aromatic rings. The Labute approximate surface area is 171 Å². The van der Waals surface area contributed by atoms with E-state index in [-0.39, 0.29) is 24.5 Å². The average molecular weight is 393 g/mol. The van der Waals surface area contributed by atoms with Crippen LogP contribution in [0.1, 0.15) is 19.3 Å². The van der Waals surface area contributed by atoms with E-state index >= 15 is 0 Å². The van der Waals surface area contributed by atoms with E-state index in [1.165, 1.54) is 5.69 Å². The van der Waals surface area contributed by atoms with Crippen LogP contribution in [0.5, 0.6) is 5.75 Å². The zero-order valence-corrected chi connectivity index (χ0v) is 16.8.